The van der Waals surface area contributed by atoms with E-state index in [1.165, 1.54) is 0 Å². The molecular formula is C19H26N6. The summed E-state index contributed by atoms with van der Waals surface area (Å²) in [7, 11) is 0. The van der Waals surface area contributed by atoms with Crippen molar-refractivity contribution in [2.75, 3.05) is 39.3 Å². The maximum absolute atomic E-state index is 5.70. The average molecular weight is 338 g/mol. The van der Waals surface area contributed by atoms with Gasteiger partial charge in [0.05, 0.1) is 24.5 Å². The molecular weight excluding hydrogens is 312 g/mol. The number of rotatable bonds is 10. The Hall–Kier alpha value is -2.44. The maximum atomic E-state index is 5.70. The normalized spacial score (nSPS) is 11.8. The molecule has 0 bridgehead atoms. The van der Waals surface area contributed by atoms with Crippen LogP contribution in [-0.4, -0.2) is 66.6 Å². The Morgan fingerprint density at radius 3 is 2.32 bits per heavy atom. The van der Waals surface area contributed by atoms with Crippen LogP contribution >= 0.6 is 0 Å². The summed E-state index contributed by atoms with van der Waals surface area (Å²) in [5.41, 5.74) is 8.47. The SMILES string of the molecule is Cc1cccc(C=NCCN(CCN)CCN=Cc2ccccn2)n1. The van der Waals surface area contributed by atoms with Crippen molar-refractivity contribution >= 4 is 12.4 Å². The van der Waals surface area contributed by atoms with E-state index in [1.54, 1.807) is 6.20 Å². The van der Waals surface area contributed by atoms with Crippen LogP contribution < -0.4 is 5.73 Å². The van der Waals surface area contributed by atoms with E-state index in [-0.39, 0.29) is 0 Å². The minimum Gasteiger partial charge on any atom is -0.329 e. The summed E-state index contributed by atoms with van der Waals surface area (Å²) in [6, 6.07) is 11.7. The smallest absolute Gasteiger partial charge is 0.0811 e. The average Bonchev–Trinajstić information content (AvgIpc) is 2.63. The molecule has 6 nitrogen and oxygen atoms in total. The fourth-order valence-electron chi connectivity index (χ4n) is 2.32. The Bertz CT molecular complexity index is 669. The molecule has 0 radical (unpaired) electrons. The van der Waals surface area contributed by atoms with Crippen LogP contribution in [0.15, 0.2) is 52.6 Å². The fourth-order valence-corrected chi connectivity index (χ4v) is 2.32. The monoisotopic (exact) mass is 338 g/mol. The van der Waals surface area contributed by atoms with E-state index in [9.17, 15) is 0 Å². The Labute approximate surface area is 149 Å². The van der Waals surface area contributed by atoms with Crippen molar-refractivity contribution in [1.29, 1.82) is 0 Å². The molecule has 6 heteroatoms. The molecule has 25 heavy (non-hydrogen) atoms. The summed E-state index contributed by atoms with van der Waals surface area (Å²) in [5.74, 6) is 0. The van der Waals surface area contributed by atoms with Crippen molar-refractivity contribution in [3.63, 3.8) is 0 Å². The first-order valence-electron chi connectivity index (χ1n) is 8.54. The molecule has 0 amide bonds. The largest absolute Gasteiger partial charge is 0.329 e. The van der Waals surface area contributed by atoms with E-state index in [4.69, 9.17) is 5.73 Å². The lowest BCUT2D eigenvalue weighted by Crippen LogP contribution is -2.33. The summed E-state index contributed by atoms with van der Waals surface area (Å²) < 4.78 is 0. The summed E-state index contributed by atoms with van der Waals surface area (Å²) in [5, 5.41) is 0. The first-order valence-corrected chi connectivity index (χ1v) is 8.54. The number of hydrogen-bond acceptors (Lipinski definition) is 6. The number of nitrogens with zero attached hydrogens (tertiary/aromatic N) is 5. The maximum Gasteiger partial charge on any atom is 0.0811 e. The lowest BCUT2D eigenvalue weighted by Gasteiger charge is -2.19. The van der Waals surface area contributed by atoms with Crippen molar-refractivity contribution < 1.29 is 0 Å². The summed E-state index contributed by atoms with van der Waals surface area (Å²) in [6.45, 7) is 6.62. The van der Waals surface area contributed by atoms with Crippen molar-refractivity contribution in [2.24, 2.45) is 15.7 Å². The number of pyridine rings is 2. The quantitative estimate of drug-likeness (QED) is 0.667. The zero-order valence-electron chi connectivity index (χ0n) is 14.8. The third kappa shape index (κ3) is 7.78. The third-order valence-corrected chi connectivity index (χ3v) is 3.58. The second kappa shape index (κ2) is 11.2. The van der Waals surface area contributed by atoms with Gasteiger partial charge in [-0.1, -0.05) is 12.1 Å². The van der Waals surface area contributed by atoms with Crippen LogP contribution in [0.25, 0.3) is 0 Å². The lowest BCUT2D eigenvalue weighted by atomic mass is 10.3. The van der Waals surface area contributed by atoms with Gasteiger partial charge in [-0.3, -0.25) is 24.9 Å². The molecule has 0 saturated heterocycles. The topological polar surface area (TPSA) is 79.8 Å². The van der Waals surface area contributed by atoms with Crippen molar-refractivity contribution in [2.45, 2.75) is 6.92 Å². The fraction of sp³-hybridized carbons (Fsp3) is 0.368. The van der Waals surface area contributed by atoms with Gasteiger partial charge in [-0.25, -0.2) is 0 Å². The van der Waals surface area contributed by atoms with E-state index >= 15 is 0 Å². The molecule has 132 valence electrons. The highest BCUT2D eigenvalue weighted by Crippen LogP contribution is 1.95. The Morgan fingerprint density at radius 2 is 1.68 bits per heavy atom. The molecule has 0 aliphatic rings. The first kappa shape index (κ1) is 18.9. The third-order valence-electron chi connectivity index (χ3n) is 3.58. The zero-order chi connectivity index (χ0) is 17.7. The molecule has 0 saturated carbocycles. The Balaban J connectivity index is 1.73. The van der Waals surface area contributed by atoms with Gasteiger partial charge in [0.2, 0.25) is 0 Å². The Kier molecular flexibility index (Phi) is 8.44. The molecule has 2 heterocycles. The number of aryl methyl sites for hydroxylation is 1. The molecule has 2 aromatic heterocycles. The predicted molar refractivity (Wildman–Crippen MR) is 104 cm³/mol. The molecule has 2 N–H and O–H groups in total. The van der Waals surface area contributed by atoms with Gasteiger partial charge in [-0.15, -0.1) is 0 Å². The molecule has 0 aliphatic heterocycles. The van der Waals surface area contributed by atoms with Crippen LogP contribution in [0.5, 0.6) is 0 Å². The van der Waals surface area contributed by atoms with Crippen molar-refractivity contribution in [3.8, 4) is 0 Å². The molecule has 0 unspecified atom stereocenters. The van der Waals surface area contributed by atoms with Crippen LogP contribution in [0, 0.1) is 6.92 Å². The second-order valence-electron chi connectivity index (χ2n) is 5.66. The van der Waals surface area contributed by atoms with Gasteiger partial charge in [0.15, 0.2) is 0 Å². The van der Waals surface area contributed by atoms with Gasteiger partial charge in [0.1, 0.15) is 0 Å². The van der Waals surface area contributed by atoms with Crippen LogP contribution in [-0.2, 0) is 0 Å². The minimum atomic E-state index is 0.632. The van der Waals surface area contributed by atoms with E-state index < -0.39 is 0 Å². The van der Waals surface area contributed by atoms with Crippen LogP contribution in [0.3, 0.4) is 0 Å². The number of aromatic nitrogens is 2. The highest BCUT2D eigenvalue weighted by atomic mass is 15.1. The molecule has 0 spiro atoms. The summed E-state index contributed by atoms with van der Waals surface area (Å²) in [6.07, 6.45) is 5.40. The summed E-state index contributed by atoms with van der Waals surface area (Å²) in [4.78, 5) is 19.8. The second-order valence-corrected chi connectivity index (χ2v) is 5.66. The number of aliphatic imine (C=N–C) groups is 2. The Morgan fingerprint density at radius 1 is 0.960 bits per heavy atom. The van der Waals surface area contributed by atoms with E-state index in [0.29, 0.717) is 6.54 Å². The molecule has 0 aromatic carbocycles. The van der Waals surface area contributed by atoms with Gasteiger partial charge in [0.25, 0.3) is 0 Å². The van der Waals surface area contributed by atoms with Crippen molar-refractivity contribution in [3.05, 3.63) is 59.7 Å². The number of hydrogen-bond donors (Lipinski definition) is 1. The van der Waals surface area contributed by atoms with Crippen molar-refractivity contribution in [1.82, 2.24) is 14.9 Å². The van der Waals surface area contributed by atoms with Gasteiger partial charge < -0.3 is 5.73 Å². The van der Waals surface area contributed by atoms with Gasteiger partial charge >= 0.3 is 0 Å². The first-order chi connectivity index (χ1) is 12.3. The van der Waals surface area contributed by atoms with Gasteiger partial charge in [0, 0.05) is 50.5 Å². The van der Waals surface area contributed by atoms with Crippen LogP contribution in [0.2, 0.25) is 0 Å². The highest BCUT2D eigenvalue weighted by Gasteiger charge is 2.02. The molecule has 0 fully saturated rings. The summed E-state index contributed by atoms with van der Waals surface area (Å²) >= 11 is 0. The molecule has 0 aliphatic carbocycles. The van der Waals surface area contributed by atoms with Gasteiger partial charge in [-0.05, 0) is 31.2 Å². The molecule has 2 rings (SSSR count). The lowest BCUT2D eigenvalue weighted by molar-refractivity contribution is 0.298. The van der Waals surface area contributed by atoms with E-state index in [1.807, 2.05) is 55.8 Å². The van der Waals surface area contributed by atoms with Crippen LogP contribution in [0.4, 0.5) is 0 Å². The van der Waals surface area contributed by atoms with E-state index in [0.717, 1.165) is 49.8 Å². The molecule has 2 aromatic rings. The van der Waals surface area contributed by atoms with Crippen LogP contribution in [0.1, 0.15) is 17.1 Å². The zero-order valence-corrected chi connectivity index (χ0v) is 14.8. The number of nitrogens with two attached hydrogens (primary N) is 1. The van der Waals surface area contributed by atoms with E-state index in [2.05, 4.69) is 24.9 Å². The highest BCUT2D eigenvalue weighted by molar-refractivity contribution is 5.77. The molecule has 0 atom stereocenters. The predicted octanol–water partition coefficient (Wildman–Crippen LogP) is 1.58. The minimum absolute atomic E-state index is 0.632. The van der Waals surface area contributed by atoms with Gasteiger partial charge in [-0.2, -0.15) is 0 Å². The standard InChI is InChI=1S/C19H26N6/c1-17-5-4-7-19(24-17)16-22-11-14-25(12-8-20)13-10-21-15-18-6-2-3-9-23-18/h2-7,9,15-16H,8,10-14,20H2,1H3.